The number of hydroxylamine groups is 1. The fourth-order valence-electron chi connectivity index (χ4n) is 3.24. The first-order chi connectivity index (χ1) is 14.8. The van der Waals surface area contributed by atoms with Gasteiger partial charge in [-0.3, -0.25) is 19.6 Å². The van der Waals surface area contributed by atoms with E-state index in [0.717, 1.165) is 0 Å². The van der Waals surface area contributed by atoms with Gasteiger partial charge in [-0.15, -0.1) is 0 Å². The van der Waals surface area contributed by atoms with Gasteiger partial charge in [-0.1, -0.05) is 44.2 Å². The summed E-state index contributed by atoms with van der Waals surface area (Å²) in [4.78, 5) is 37.3. The fraction of sp³-hybridized carbons (Fsp3) is 0.571. The van der Waals surface area contributed by atoms with E-state index in [1.165, 1.54) is 26.4 Å². The topological polar surface area (TPSA) is 162 Å². The third-order valence-electron chi connectivity index (χ3n) is 5.31. The molecule has 5 N–H and O–H groups in total. The quantitative estimate of drug-likeness (QED) is 0.226. The Morgan fingerprint density at radius 2 is 1.59 bits per heavy atom. The molecule has 1 aromatic carbocycles. The van der Waals surface area contributed by atoms with Crippen molar-refractivity contribution in [3.05, 3.63) is 35.9 Å². The molecule has 0 fully saturated rings. The number of carbonyl (C=O) groups excluding carboxylic acids is 3. The van der Waals surface area contributed by atoms with Crippen LogP contribution in [-0.2, 0) is 30.0 Å². The maximum absolute atomic E-state index is 13.2. The van der Waals surface area contributed by atoms with Gasteiger partial charge in [-0.2, -0.15) is 0 Å². The first-order valence-corrected chi connectivity index (χ1v) is 11.8. The predicted octanol–water partition coefficient (Wildman–Crippen LogP) is 0.139. The van der Waals surface area contributed by atoms with E-state index in [0.29, 0.717) is 5.56 Å². The van der Waals surface area contributed by atoms with Gasteiger partial charge in [0.25, 0.3) is 5.91 Å². The molecule has 1 unspecified atom stereocenters. The monoisotopic (exact) mass is 471 g/mol. The zero-order valence-electron chi connectivity index (χ0n) is 19.0. The van der Waals surface area contributed by atoms with E-state index in [1.54, 1.807) is 44.2 Å². The second kappa shape index (κ2) is 11.4. The summed E-state index contributed by atoms with van der Waals surface area (Å²) in [6.07, 6.45) is -1.84. The maximum atomic E-state index is 13.2. The Kier molecular flexibility index (Phi) is 9.80. The van der Waals surface area contributed by atoms with E-state index >= 15 is 0 Å². The molecule has 11 heteroatoms. The van der Waals surface area contributed by atoms with Gasteiger partial charge in [0.15, 0.2) is 9.84 Å². The second-order valence-electron chi connectivity index (χ2n) is 8.56. The lowest BCUT2D eigenvalue weighted by atomic mass is 9.90. The normalized spacial score (nSPS) is 14.9. The first-order valence-electron chi connectivity index (χ1n) is 10.2. The molecule has 0 aliphatic rings. The lowest BCUT2D eigenvalue weighted by Gasteiger charge is -2.34. The summed E-state index contributed by atoms with van der Waals surface area (Å²) in [5.74, 6) is -4.61. The fourth-order valence-corrected chi connectivity index (χ4v) is 4.77. The van der Waals surface area contributed by atoms with Crippen molar-refractivity contribution in [2.75, 3.05) is 7.05 Å². The Bertz CT molecular complexity index is 901. The summed E-state index contributed by atoms with van der Waals surface area (Å²) in [5, 5.41) is 23.8. The number of sulfone groups is 1. The third-order valence-corrected chi connectivity index (χ3v) is 7.87. The smallest absolute Gasteiger partial charge is 0.272 e. The number of rotatable bonds is 11. The number of carbonyl (C=O) groups is 3. The predicted molar refractivity (Wildman–Crippen MR) is 118 cm³/mol. The van der Waals surface area contributed by atoms with E-state index in [9.17, 15) is 27.9 Å². The molecular weight excluding hydrogens is 438 g/mol. The molecule has 0 aromatic heterocycles. The van der Waals surface area contributed by atoms with Gasteiger partial charge in [-0.25, -0.2) is 13.9 Å². The molecule has 0 bridgehead atoms. The third kappa shape index (κ3) is 6.75. The average molecular weight is 472 g/mol. The van der Waals surface area contributed by atoms with Gasteiger partial charge in [0.05, 0.1) is 16.4 Å². The summed E-state index contributed by atoms with van der Waals surface area (Å²) in [6, 6.07) is 6.91. The number of likely N-dealkylation sites (N-methyl/N-ethyl adjacent to an activating group) is 1. The summed E-state index contributed by atoms with van der Waals surface area (Å²) in [6.45, 7) is 6.18. The summed E-state index contributed by atoms with van der Waals surface area (Å²) in [7, 11) is -2.65. The van der Waals surface area contributed by atoms with E-state index in [-0.39, 0.29) is 18.1 Å². The molecular formula is C21H33N3O7S. The highest BCUT2D eigenvalue weighted by Crippen LogP contribution is 2.27. The second-order valence-corrected chi connectivity index (χ2v) is 11.1. The summed E-state index contributed by atoms with van der Waals surface area (Å²) < 4.78 is 24.7. The molecule has 0 saturated heterocycles. The van der Waals surface area contributed by atoms with Crippen LogP contribution in [-0.4, -0.2) is 60.4 Å². The maximum Gasteiger partial charge on any atom is 0.272 e. The minimum Gasteiger partial charge on any atom is -0.382 e. The molecule has 32 heavy (non-hydrogen) atoms. The van der Waals surface area contributed by atoms with Crippen LogP contribution in [0.3, 0.4) is 0 Å². The first kappa shape index (κ1) is 27.5. The van der Waals surface area contributed by atoms with Crippen LogP contribution >= 0.6 is 0 Å². The number of aliphatic hydroxyl groups is 1. The van der Waals surface area contributed by atoms with Crippen molar-refractivity contribution in [2.45, 2.75) is 56.8 Å². The minimum absolute atomic E-state index is 0.0536. The van der Waals surface area contributed by atoms with Crippen molar-refractivity contribution in [3.8, 4) is 0 Å². The van der Waals surface area contributed by atoms with Crippen LogP contribution in [0.15, 0.2) is 30.3 Å². The molecule has 1 rings (SSSR count). The summed E-state index contributed by atoms with van der Waals surface area (Å²) >= 11 is 0. The number of aliphatic hydroxyl groups excluding tert-OH is 1. The Morgan fingerprint density at radius 3 is 2.06 bits per heavy atom. The van der Waals surface area contributed by atoms with Crippen LogP contribution in [0.1, 0.15) is 39.7 Å². The van der Waals surface area contributed by atoms with Gasteiger partial charge in [0, 0.05) is 7.05 Å². The van der Waals surface area contributed by atoms with Crippen molar-refractivity contribution in [1.29, 1.82) is 0 Å². The zero-order valence-corrected chi connectivity index (χ0v) is 19.8. The molecule has 10 nitrogen and oxygen atoms in total. The van der Waals surface area contributed by atoms with Crippen molar-refractivity contribution in [3.63, 3.8) is 0 Å². The molecule has 0 saturated carbocycles. The van der Waals surface area contributed by atoms with Crippen molar-refractivity contribution in [1.82, 2.24) is 16.1 Å². The lowest BCUT2D eigenvalue weighted by molar-refractivity contribution is -0.147. The number of benzene rings is 1. The van der Waals surface area contributed by atoms with Crippen molar-refractivity contribution in [2.24, 2.45) is 11.8 Å². The van der Waals surface area contributed by atoms with Gasteiger partial charge in [-0.05, 0) is 31.7 Å². The molecule has 3 amide bonds. The molecule has 1 aromatic rings. The van der Waals surface area contributed by atoms with Gasteiger partial charge < -0.3 is 15.7 Å². The zero-order chi connectivity index (χ0) is 24.7. The number of nitrogens with one attached hydrogen (secondary N) is 3. The van der Waals surface area contributed by atoms with Crippen LogP contribution < -0.4 is 16.1 Å². The largest absolute Gasteiger partial charge is 0.382 e. The molecule has 0 heterocycles. The number of hydrogen-bond donors (Lipinski definition) is 5. The standard InChI is InChI=1S/C21H33N3O7S/c1-13(2)11-15(16(25)19(27)24-29)18(26)23-17(20(28)22-5)21(3,4)32(30,31)12-14-9-7-6-8-10-14/h6-10,13,15-17,25,29H,11-12H2,1-5H3,(H,22,28)(H,23,26)(H,24,27)/t15-,16+,17?/m1/s1. The van der Waals surface area contributed by atoms with Gasteiger partial charge in [0.2, 0.25) is 11.8 Å². The molecule has 0 spiro atoms. The summed E-state index contributed by atoms with van der Waals surface area (Å²) in [5.41, 5.74) is 1.82. The average Bonchev–Trinajstić information content (AvgIpc) is 2.73. The van der Waals surface area contributed by atoms with Gasteiger partial charge in [0.1, 0.15) is 12.1 Å². The van der Waals surface area contributed by atoms with Crippen molar-refractivity contribution >= 4 is 27.6 Å². The Balaban J connectivity index is 3.29. The number of hydrogen-bond acceptors (Lipinski definition) is 7. The lowest BCUT2D eigenvalue weighted by Crippen LogP contribution is -2.62. The molecule has 0 aliphatic carbocycles. The SMILES string of the molecule is CNC(=O)C(NC(=O)[C@H](CC(C)C)[C@H](O)C(=O)NO)C(C)(C)S(=O)(=O)Cc1ccccc1. The van der Waals surface area contributed by atoms with Gasteiger partial charge >= 0.3 is 0 Å². The Morgan fingerprint density at radius 1 is 1.03 bits per heavy atom. The van der Waals surface area contributed by atoms with Crippen LogP contribution in [0, 0.1) is 11.8 Å². The van der Waals surface area contributed by atoms with Crippen LogP contribution in [0.4, 0.5) is 0 Å². The highest BCUT2D eigenvalue weighted by molar-refractivity contribution is 7.92. The van der Waals surface area contributed by atoms with Crippen molar-refractivity contribution < 1.29 is 33.1 Å². The molecule has 0 radical (unpaired) electrons. The molecule has 180 valence electrons. The van der Waals surface area contributed by atoms with Crippen LogP contribution in [0.25, 0.3) is 0 Å². The van der Waals surface area contributed by atoms with Crippen LogP contribution in [0.2, 0.25) is 0 Å². The Hall–Kier alpha value is -2.50. The van der Waals surface area contributed by atoms with E-state index in [1.807, 2.05) is 0 Å². The van der Waals surface area contributed by atoms with E-state index in [4.69, 9.17) is 5.21 Å². The minimum atomic E-state index is -3.96. The molecule has 3 atom stereocenters. The highest BCUT2D eigenvalue weighted by atomic mass is 32.2. The Labute approximate surface area is 188 Å². The van der Waals surface area contributed by atoms with E-state index in [2.05, 4.69) is 10.6 Å². The molecule has 0 aliphatic heterocycles. The van der Waals surface area contributed by atoms with E-state index < -0.39 is 50.4 Å². The highest BCUT2D eigenvalue weighted by Gasteiger charge is 2.47. The van der Waals surface area contributed by atoms with Crippen LogP contribution in [0.5, 0.6) is 0 Å². The number of amides is 3.